The molecule has 1 atom stereocenters. The molecule has 1 rings (SSSR count). The Hall–Kier alpha value is -1.10. The number of aliphatic hydroxyl groups is 1. The zero-order valence-corrected chi connectivity index (χ0v) is 12.8. The molecule has 1 aliphatic carbocycles. The number of hydrogen-bond donors (Lipinski definition) is 2. The van der Waals surface area contributed by atoms with Gasteiger partial charge in [0, 0.05) is 5.92 Å². The van der Waals surface area contributed by atoms with Crippen molar-refractivity contribution in [2.75, 3.05) is 6.61 Å². The number of ether oxygens (including phenoxy) is 1. The van der Waals surface area contributed by atoms with Gasteiger partial charge >= 0.3 is 5.97 Å². The molecule has 5 nitrogen and oxygen atoms in total. The van der Waals surface area contributed by atoms with E-state index in [9.17, 15) is 14.7 Å². The van der Waals surface area contributed by atoms with Crippen molar-refractivity contribution in [2.45, 2.75) is 70.9 Å². The number of unbranched alkanes of at least 4 members (excludes halogenated alkanes) is 1. The normalized spacial score (nSPS) is 27.7. The lowest BCUT2D eigenvalue weighted by atomic mass is 9.79. The van der Waals surface area contributed by atoms with Crippen LogP contribution in [-0.2, 0) is 14.3 Å². The summed E-state index contributed by atoms with van der Waals surface area (Å²) in [6, 6.07) is -0.609. The number of amides is 1. The SMILES string of the molecule is CCCCOC(=O)[C@@H](C)NC(=O)[C@H]1CC[C@](C)(O)CC1. The first-order chi connectivity index (χ1) is 9.35. The zero-order chi connectivity index (χ0) is 15.2. The summed E-state index contributed by atoms with van der Waals surface area (Å²) >= 11 is 0. The Kier molecular flexibility index (Phi) is 6.46. The third kappa shape index (κ3) is 5.49. The van der Waals surface area contributed by atoms with Gasteiger partial charge in [-0.2, -0.15) is 0 Å². The predicted molar refractivity (Wildman–Crippen MR) is 76.1 cm³/mol. The minimum Gasteiger partial charge on any atom is -0.464 e. The summed E-state index contributed by atoms with van der Waals surface area (Å²) in [5.41, 5.74) is -0.651. The number of carbonyl (C=O) groups excluding carboxylic acids is 2. The van der Waals surface area contributed by atoms with E-state index in [1.54, 1.807) is 13.8 Å². The van der Waals surface area contributed by atoms with Crippen LogP contribution in [0.4, 0.5) is 0 Å². The molecule has 1 aliphatic rings. The highest BCUT2D eigenvalue weighted by atomic mass is 16.5. The molecular formula is C15H27NO4. The number of rotatable bonds is 6. The van der Waals surface area contributed by atoms with Crippen molar-refractivity contribution in [3.63, 3.8) is 0 Å². The van der Waals surface area contributed by atoms with E-state index in [-0.39, 0.29) is 17.8 Å². The molecule has 0 bridgehead atoms. The van der Waals surface area contributed by atoms with Gasteiger partial charge in [0.05, 0.1) is 12.2 Å². The average molecular weight is 285 g/mol. The summed E-state index contributed by atoms with van der Waals surface area (Å²) in [5, 5.41) is 12.6. The van der Waals surface area contributed by atoms with E-state index in [2.05, 4.69) is 5.32 Å². The Morgan fingerprint density at radius 2 is 2.00 bits per heavy atom. The van der Waals surface area contributed by atoms with Crippen molar-refractivity contribution in [1.82, 2.24) is 5.32 Å². The van der Waals surface area contributed by atoms with Crippen LogP contribution in [0.25, 0.3) is 0 Å². The summed E-state index contributed by atoms with van der Waals surface area (Å²) in [6.07, 6.45) is 4.38. The van der Waals surface area contributed by atoms with Gasteiger partial charge < -0.3 is 15.2 Å². The second kappa shape index (κ2) is 7.62. The third-order valence-corrected chi connectivity index (χ3v) is 3.89. The van der Waals surface area contributed by atoms with E-state index in [1.165, 1.54) is 0 Å². The van der Waals surface area contributed by atoms with Crippen LogP contribution in [0, 0.1) is 5.92 Å². The molecule has 0 aliphatic heterocycles. The van der Waals surface area contributed by atoms with E-state index < -0.39 is 11.6 Å². The largest absolute Gasteiger partial charge is 0.464 e. The van der Waals surface area contributed by atoms with Gasteiger partial charge in [-0.3, -0.25) is 4.79 Å². The summed E-state index contributed by atoms with van der Waals surface area (Å²) in [4.78, 5) is 23.7. The fraction of sp³-hybridized carbons (Fsp3) is 0.867. The number of hydrogen-bond acceptors (Lipinski definition) is 4. The molecule has 1 fully saturated rings. The van der Waals surface area contributed by atoms with Gasteiger partial charge in [-0.25, -0.2) is 4.79 Å². The van der Waals surface area contributed by atoms with Crippen LogP contribution in [0.1, 0.15) is 59.3 Å². The number of nitrogens with one attached hydrogen (secondary N) is 1. The van der Waals surface area contributed by atoms with E-state index in [0.29, 0.717) is 32.3 Å². The van der Waals surface area contributed by atoms with Gasteiger partial charge in [0.15, 0.2) is 0 Å². The Balaban J connectivity index is 2.32. The molecule has 0 heterocycles. The van der Waals surface area contributed by atoms with E-state index in [1.807, 2.05) is 6.92 Å². The third-order valence-electron chi connectivity index (χ3n) is 3.89. The van der Waals surface area contributed by atoms with E-state index in [4.69, 9.17) is 4.74 Å². The maximum Gasteiger partial charge on any atom is 0.328 e. The molecule has 1 amide bonds. The van der Waals surface area contributed by atoms with Crippen molar-refractivity contribution in [3.05, 3.63) is 0 Å². The van der Waals surface area contributed by atoms with Crippen LogP contribution in [0.2, 0.25) is 0 Å². The number of carbonyl (C=O) groups is 2. The van der Waals surface area contributed by atoms with Gasteiger partial charge in [0.1, 0.15) is 6.04 Å². The topological polar surface area (TPSA) is 75.6 Å². The van der Waals surface area contributed by atoms with Crippen LogP contribution < -0.4 is 5.32 Å². The highest BCUT2D eigenvalue weighted by Gasteiger charge is 2.33. The van der Waals surface area contributed by atoms with Crippen LogP contribution >= 0.6 is 0 Å². The first kappa shape index (κ1) is 17.0. The van der Waals surface area contributed by atoms with Crippen molar-refractivity contribution < 1.29 is 19.4 Å². The van der Waals surface area contributed by atoms with Gasteiger partial charge in [-0.05, 0) is 46.0 Å². The minimum atomic E-state index is -0.651. The molecule has 1 saturated carbocycles. The Morgan fingerprint density at radius 1 is 1.40 bits per heavy atom. The highest BCUT2D eigenvalue weighted by molar-refractivity contribution is 5.85. The Labute approximate surface area is 121 Å². The monoisotopic (exact) mass is 285 g/mol. The average Bonchev–Trinajstić information content (AvgIpc) is 2.38. The lowest BCUT2D eigenvalue weighted by Crippen LogP contribution is -2.44. The van der Waals surface area contributed by atoms with Crippen molar-refractivity contribution in [2.24, 2.45) is 5.92 Å². The fourth-order valence-corrected chi connectivity index (χ4v) is 2.33. The maximum absolute atomic E-state index is 12.1. The van der Waals surface area contributed by atoms with Crippen LogP contribution in [0.5, 0.6) is 0 Å². The van der Waals surface area contributed by atoms with Gasteiger partial charge in [0.2, 0.25) is 5.91 Å². The molecule has 2 N–H and O–H groups in total. The molecule has 20 heavy (non-hydrogen) atoms. The lowest BCUT2D eigenvalue weighted by molar-refractivity contribution is -0.148. The quantitative estimate of drug-likeness (QED) is 0.576. The molecule has 0 saturated heterocycles. The molecule has 0 spiro atoms. The van der Waals surface area contributed by atoms with Crippen molar-refractivity contribution >= 4 is 11.9 Å². The molecule has 0 aromatic carbocycles. The van der Waals surface area contributed by atoms with Crippen LogP contribution in [0.3, 0.4) is 0 Å². The maximum atomic E-state index is 12.1. The minimum absolute atomic E-state index is 0.110. The smallest absolute Gasteiger partial charge is 0.328 e. The Morgan fingerprint density at radius 3 is 2.55 bits per heavy atom. The van der Waals surface area contributed by atoms with Crippen molar-refractivity contribution in [1.29, 1.82) is 0 Å². The van der Waals surface area contributed by atoms with E-state index in [0.717, 1.165) is 12.8 Å². The van der Waals surface area contributed by atoms with E-state index >= 15 is 0 Å². The number of esters is 1. The first-order valence-corrected chi connectivity index (χ1v) is 7.55. The van der Waals surface area contributed by atoms with Gasteiger partial charge in [-0.1, -0.05) is 13.3 Å². The summed E-state index contributed by atoms with van der Waals surface area (Å²) in [5.74, 6) is -0.601. The summed E-state index contributed by atoms with van der Waals surface area (Å²) in [6.45, 7) is 5.87. The van der Waals surface area contributed by atoms with Gasteiger partial charge in [-0.15, -0.1) is 0 Å². The summed E-state index contributed by atoms with van der Waals surface area (Å²) in [7, 11) is 0. The molecule has 5 heteroatoms. The summed E-state index contributed by atoms with van der Waals surface area (Å²) < 4.78 is 5.07. The fourth-order valence-electron chi connectivity index (χ4n) is 2.33. The Bertz CT molecular complexity index is 331. The molecule has 116 valence electrons. The molecule has 0 unspecified atom stereocenters. The molecule has 0 aromatic heterocycles. The second-order valence-corrected chi connectivity index (χ2v) is 6.02. The molecular weight excluding hydrogens is 258 g/mol. The predicted octanol–water partition coefficient (Wildman–Crippen LogP) is 1.78. The molecule has 0 aromatic rings. The molecule has 0 radical (unpaired) electrons. The van der Waals surface area contributed by atoms with Crippen LogP contribution in [-0.4, -0.2) is 35.2 Å². The van der Waals surface area contributed by atoms with Crippen LogP contribution in [0.15, 0.2) is 0 Å². The zero-order valence-electron chi connectivity index (χ0n) is 12.8. The van der Waals surface area contributed by atoms with Gasteiger partial charge in [0.25, 0.3) is 0 Å². The second-order valence-electron chi connectivity index (χ2n) is 6.02. The lowest BCUT2D eigenvalue weighted by Gasteiger charge is -2.32. The first-order valence-electron chi connectivity index (χ1n) is 7.55. The highest BCUT2D eigenvalue weighted by Crippen LogP contribution is 2.31. The van der Waals surface area contributed by atoms with Crippen molar-refractivity contribution in [3.8, 4) is 0 Å². The standard InChI is InChI=1S/C15H27NO4/c1-4-5-10-20-14(18)11(2)16-13(17)12-6-8-15(3,19)9-7-12/h11-12,19H,4-10H2,1-3H3,(H,16,17)/t11-,12-,15-/m1/s1.